The predicted molar refractivity (Wildman–Crippen MR) is 229 cm³/mol. The minimum Gasteiger partial charge on any atom is -0.469 e. The van der Waals surface area contributed by atoms with Crippen LogP contribution in [0, 0.1) is 0 Å². The van der Waals surface area contributed by atoms with E-state index in [1.54, 1.807) is 24.3 Å². The molecular weight excluding hydrogens is 825 g/mol. The van der Waals surface area contributed by atoms with Crippen molar-refractivity contribution < 1.29 is 48.2 Å². The number of aliphatic hydroxyl groups excluding tert-OH is 2. The lowest BCUT2D eigenvalue weighted by Gasteiger charge is -2.13. The summed E-state index contributed by atoms with van der Waals surface area (Å²) in [7, 11) is 2.81. The number of nitrogens with zero attached hydrogens (tertiary/aromatic N) is 6. The maximum atomic E-state index is 13.0. The molecule has 2 aromatic carbocycles. The van der Waals surface area contributed by atoms with Gasteiger partial charge in [0.1, 0.15) is 22.5 Å². The topological polar surface area (TPSA) is 309 Å². The van der Waals surface area contributed by atoms with Crippen molar-refractivity contribution in [1.29, 1.82) is 0 Å². The van der Waals surface area contributed by atoms with Crippen molar-refractivity contribution in [1.82, 2.24) is 39.0 Å². The fourth-order valence-electron chi connectivity index (χ4n) is 5.75. The summed E-state index contributed by atoms with van der Waals surface area (Å²) in [5.41, 5.74) is 12.7. The highest BCUT2D eigenvalue weighted by Gasteiger charge is 2.21. The van der Waals surface area contributed by atoms with Gasteiger partial charge in [-0.1, -0.05) is 38.8 Å². The Hall–Kier alpha value is -7.04. The van der Waals surface area contributed by atoms with Crippen LogP contribution in [-0.2, 0) is 20.8 Å². The van der Waals surface area contributed by atoms with E-state index in [-0.39, 0.29) is 65.5 Å². The zero-order valence-corrected chi connectivity index (χ0v) is 35.4. The molecule has 0 radical (unpaired) electrons. The van der Waals surface area contributed by atoms with Crippen LogP contribution in [0.3, 0.4) is 0 Å². The molecule has 0 aliphatic carbocycles. The molecule has 2 atom stereocenters. The molecule has 6 aromatic rings. The molecule has 0 fully saturated rings. The maximum Gasteiger partial charge on any atom is 0.334 e. The molecule has 0 spiro atoms. The van der Waals surface area contributed by atoms with Crippen LogP contribution in [0.2, 0.25) is 0 Å². The van der Waals surface area contributed by atoms with Crippen LogP contribution in [0.15, 0.2) is 58.1 Å². The monoisotopic (exact) mass is 876 g/mol. The summed E-state index contributed by atoms with van der Waals surface area (Å²) < 4.78 is 33.5. The third-order valence-electron chi connectivity index (χ3n) is 9.14. The lowest BCUT2D eigenvalue weighted by molar-refractivity contribution is -0.142. The van der Waals surface area contributed by atoms with E-state index in [1.165, 1.54) is 43.1 Å². The Bertz CT molecular complexity index is 2550. The van der Waals surface area contributed by atoms with Crippen molar-refractivity contribution in [3.63, 3.8) is 0 Å². The summed E-state index contributed by atoms with van der Waals surface area (Å²) in [5, 5.41) is 19.7. The van der Waals surface area contributed by atoms with Gasteiger partial charge in [0.25, 0.3) is 5.91 Å². The largest absolute Gasteiger partial charge is 0.469 e. The summed E-state index contributed by atoms with van der Waals surface area (Å²) in [5.74, 6) is -0.0907. The van der Waals surface area contributed by atoms with Gasteiger partial charge < -0.3 is 60.1 Å². The Morgan fingerprint density at radius 3 is 1.79 bits per heavy atom. The molecule has 6 rings (SSSR count). The first-order valence-corrected chi connectivity index (χ1v) is 20.1. The Morgan fingerprint density at radius 1 is 0.714 bits per heavy atom. The molecule has 0 aliphatic heterocycles. The first kappa shape index (κ1) is 47.0. The second-order valence-electron chi connectivity index (χ2n) is 13.9. The number of rotatable bonds is 21. The van der Waals surface area contributed by atoms with Crippen molar-refractivity contribution in [3.8, 4) is 23.5 Å². The molecule has 0 saturated heterocycles. The number of imidazole rings is 2. The van der Waals surface area contributed by atoms with Gasteiger partial charge in [0.2, 0.25) is 0 Å². The molecule has 22 nitrogen and oxygen atoms in total. The number of hydrogen-bond acceptors (Lipinski definition) is 18. The number of ether oxygens (including phenoxy) is 6. The highest BCUT2D eigenvalue weighted by Crippen LogP contribution is 2.22. The van der Waals surface area contributed by atoms with E-state index >= 15 is 0 Å². The van der Waals surface area contributed by atoms with Crippen LogP contribution < -0.4 is 41.8 Å². The van der Waals surface area contributed by atoms with E-state index in [2.05, 4.69) is 34.6 Å². The number of unbranched alkanes of at least 4 members (excludes halogenated alkanes) is 2. The van der Waals surface area contributed by atoms with E-state index in [0.29, 0.717) is 48.9 Å². The van der Waals surface area contributed by atoms with Crippen molar-refractivity contribution in [2.45, 2.75) is 77.9 Å². The maximum absolute atomic E-state index is 13.0. The van der Waals surface area contributed by atoms with Gasteiger partial charge in [-0.05, 0) is 54.8 Å². The first-order chi connectivity index (χ1) is 30.3. The van der Waals surface area contributed by atoms with E-state index < -0.39 is 30.1 Å². The average molecular weight is 877 g/mol. The summed E-state index contributed by atoms with van der Waals surface area (Å²) in [6, 6.07) is 13.0. The summed E-state index contributed by atoms with van der Waals surface area (Å²) in [6.07, 6.45) is 1.83. The molecule has 0 saturated carbocycles. The second kappa shape index (κ2) is 22.7. The normalized spacial score (nSPS) is 12.0. The number of carbonyl (C=O) groups is 2. The molecular formula is C41H52N10O12. The van der Waals surface area contributed by atoms with Gasteiger partial charge in [-0.3, -0.25) is 14.2 Å². The van der Waals surface area contributed by atoms with Crippen molar-refractivity contribution in [2.24, 2.45) is 0 Å². The molecule has 0 aliphatic rings. The van der Waals surface area contributed by atoms with Crippen LogP contribution in [0.25, 0.3) is 22.3 Å². The Balaban J connectivity index is 0.000000238. The third-order valence-corrected chi connectivity index (χ3v) is 9.14. The highest BCUT2D eigenvalue weighted by atomic mass is 16.6. The zero-order chi connectivity index (χ0) is 45.5. The van der Waals surface area contributed by atoms with E-state index in [9.17, 15) is 29.4 Å². The average Bonchev–Trinajstić information content (AvgIpc) is 3.78. The minimum atomic E-state index is -1.14. The number of nitrogens with two attached hydrogens (primary N) is 2. The number of aliphatic hydroxyl groups is 2. The standard InChI is InChI=1S/C21H27N5O6.C20H25N5O6/c1-3-4-11-31-20-24-18(22)17-19(25-20)26(21(29)23-17)12-13-5-7-14(8-6-13)32-16(28)10-9-15(27)30-2;1-3-4-10-30-19-23-16(21)15-17(24-19)25(20(28)22-15)18(27)12-5-7-13(8-6-12)31-14(26)9-11-29-2/h5-8,16,28H,3-4,9-12H2,1-2H3,(H,23,29)(H2,22,24,25);5-8,14,26H,3-4,9-11H2,1-2H3,(H,22,28)(H2,21,23,24). The van der Waals surface area contributed by atoms with Crippen molar-refractivity contribution in [2.75, 3.05) is 45.5 Å². The van der Waals surface area contributed by atoms with E-state index in [1.807, 2.05) is 13.8 Å². The third kappa shape index (κ3) is 12.7. The van der Waals surface area contributed by atoms with Gasteiger partial charge in [-0.15, -0.1) is 0 Å². The number of aromatic nitrogens is 8. The number of carbonyl (C=O) groups excluding carboxylic acids is 2. The molecule has 2 unspecified atom stereocenters. The molecule has 4 heterocycles. The number of H-pyrrole nitrogens is 2. The van der Waals surface area contributed by atoms with Gasteiger partial charge in [-0.25, -0.2) is 14.2 Å². The Labute approximate surface area is 360 Å². The predicted octanol–water partition coefficient (Wildman–Crippen LogP) is 2.88. The number of aromatic amines is 2. The van der Waals surface area contributed by atoms with Crippen LogP contribution in [0.1, 0.15) is 74.7 Å². The van der Waals surface area contributed by atoms with Gasteiger partial charge in [0.05, 0.1) is 39.9 Å². The van der Waals surface area contributed by atoms with Crippen LogP contribution in [0.4, 0.5) is 11.6 Å². The molecule has 0 amide bonds. The smallest absolute Gasteiger partial charge is 0.334 e. The van der Waals surface area contributed by atoms with E-state index in [0.717, 1.165) is 35.8 Å². The number of nitrogens with one attached hydrogen (secondary N) is 2. The lowest BCUT2D eigenvalue weighted by Crippen LogP contribution is -2.25. The van der Waals surface area contributed by atoms with Crippen LogP contribution in [-0.4, -0.2) is 108 Å². The van der Waals surface area contributed by atoms with Gasteiger partial charge in [0, 0.05) is 25.5 Å². The molecule has 0 bridgehead atoms. The SMILES string of the molecule is CCCCOc1nc(N)c2[nH]c(=O)n(C(=O)c3ccc(OC(O)CCOC)cc3)c2n1.CCCCOc1nc(N)c2[nH]c(=O)n(Cc3ccc(OC(O)CCC(=O)OC)cc3)c2n1. The number of nitrogen functional groups attached to an aromatic ring is 2. The molecule has 8 N–H and O–H groups in total. The van der Waals surface area contributed by atoms with Gasteiger partial charge >= 0.3 is 29.4 Å². The summed E-state index contributed by atoms with van der Waals surface area (Å²) >= 11 is 0. The molecule has 4 aromatic heterocycles. The number of hydrogen-bond donors (Lipinski definition) is 6. The number of fused-ring (bicyclic) bond motifs is 2. The van der Waals surface area contributed by atoms with Crippen LogP contribution in [0.5, 0.6) is 23.5 Å². The number of anilines is 2. The van der Waals surface area contributed by atoms with Gasteiger partial charge in [-0.2, -0.15) is 19.9 Å². The van der Waals surface area contributed by atoms with Crippen LogP contribution >= 0.6 is 0 Å². The fourth-order valence-corrected chi connectivity index (χ4v) is 5.75. The fraction of sp³-hybridized carbons (Fsp3) is 0.415. The summed E-state index contributed by atoms with van der Waals surface area (Å²) in [6.45, 7) is 5.49. The number of methoxy groups -OCH3 is 2. The number of esters is 1. The quantitative estimate of drug-likeness (QED) is 0.0344. The lowest BCUT2D eigenvalue weighted by atomic mass is 10.2. The zero-order valence-electron chi connectivity index (χ0n) is 35.4. The summed E-state index contributed by atoms with van der Waals surface area (Å²) in [4.78, 5) is 70.9. The molecule has 338 valence electrons. The first-order valence-electron chi connectivity index (χ1n) is 20.1. The molecule has 22 heteroatoms. The minimum absolute atomic E-state index is 0.00667. The Kier molecular flexibility index (Phi) is 16.9. The molecule has 63 heavy (non-hydrogen) atoms. The Morgan fingerprint density at radius 2 is 1.24 bits per heavy atom. The van der Waals surface area contributed by atoms with E-state index in [4.69, 9.17) is 35.2 Å². The van der Waals surface area contributed by atoms with Crippen molar-refractivity contribution in [3.05, 3.63) is 80.6 Å². The highest BCUT2D eigenvalue weighted by molar-refractivity contribution is 6.01. The second-order valence-corrected chi connectivity index (χ2v) is 13.9. The van der Waals surface area contributed by atoms with Crippen molar-refractivity contribution >= 4 is 45.8 Å². The number of benzene rings is 2. The van der Waals surface area contributed by atoms with Gasteiger partial charge in [0.15, 0.2) is 35.5 Å².